The molecule has 1 aromatic heterocycles. The van der Waals surface area contributed by atoms with Crippen molar-refractivity contribution in [2.45, 2.75) is 38.5 Å². The van der Waals surface area contributed by atoms with Crippen LogP contribution in [0.4, 0.5) is 0 Å². The fraction of sp³-hybridized carbons (Fsp3) is 0.714. The maximum absolute atomic E-state index is 9.00. The van der Waals surface area contributed by atoms with E-state index in [0.29, 0.717) is 5.76 Å². The van der Waals surface area contributed by atoms with Gasteiger partial charge in [-0.05, 0) is 31.5 Å². The standard InChI is InChI=1S/C14H22N2O2/c17-11-14-5-4-13(18-14)10-15-7-8-16-6-2-1-3-12(16)9-15/h4-5,12,17H,1-3,6-11H2. The molecule has 2 saturated heterocycles. The maximum atomic E-state index is 9.00. The van der Waals surface area contributed by atoms with Crippen molar-refractivity contribution in [1.82, 2.24) is 9.80 Å². The summed E-state index contributed by atoms with van der Waals surface area (Å²) in [6.45, 7) is 5.65. The van der Waals surface area contributed by atoms with Gasteiger partial charge in [-0.2, -0.15) is 0 Å². The Morgan fingerprint density at radius 1 is 1.17 bits per heavy atom. The minimum Gasteiger partial charge on any atom is -0.462 e. The number of fused-ring (bicyclic) bond motifs is 1. The Kier molecular flexibility index (Phi) is 3.68. The van der Waals surface area contributed by atoms with Gasteiger partial charge in [0.15, 0.2) is 0 Å². The highest BCUT2D eigenvalue weighted by molar-refractivity contribution is 5.06. The van der Waals surface area contributed by atoms with Crippen molar-refractivity contribution in [3.8, 4) is 0 Å². The molecular formula is C14H22N2O2. The lowest BCUT2D eigenvalue weighted by Crippen LogP contribution is -2.54. The van der Waals surface area contributed by atoms with E-state index in [1.54, 1.807) is 0 Å². The summed E-state index contributed by atoms with van der Waals surface area (Å²) < 4.78 is 5.57. The van der Waals surface area contributed by atoms with E-state index in [4.69, 9.17) is 9.52 Å². The van der Waals surface area contributed by atoms with Crippen molar-refractivity contribution in [3.05, 3.63) is 23.7 Å². The summed E-state index contributed by atoms with van der Waals surface area (Å²) in [4.78, 5) is 5.12. The van der Waals surface area contributed by atoms with Gasteiger partial charge in [-0.25, -0.2) is 0 Å². The third-order valence-corrected chi connectivity index (χ3v) is 4.17. The van der Waals surface area contributed by atoms with Crippen LogP contribution in [0.5, 0.6) is 0 Å². The number of aliphatic hydroxyl groups excluding tert-OH is 1. The first-order valence-corrected chi connectivity index (χ1v) is 7.00. The number of rotatable bonds is 3. The van der Waals surface area contributed by atoms with Crippen LogP contribution in [0.1, 0.15) is 30.8 Å². The van der Waals surface area contributed by atoms with Gasteiger partial charge >= 0.3 is 0 Å². The molecule has 0 aromatic carbocycles. The monoisotopic (exact) mass is 250 g/mol. The number of hydrogen-bond acceptors (Lipinski definition) is 4. The average Bonchev–Trinajstić information content (AvgIpc) is 2.86. The number of piperidine rings is 1. The predicted octanol–water partition coefficient (Wildman–Crippen LogP) is 1.44. The fourth-order valence-corrected chi connectivity index (χ4v) is 3.18. The Morgan fingerprint density at radius 2 is 2.06 bits per heavy atom. The van der Waals surface area contributed by atoms with Crippen LogP contribution < -0.4 is 0 Å². The van der Waals surface area contributed by atoms with Crippen LogP contribution in [0.2, 0.25) is 0 Å². The van der Waals surface area contributed by atoms with Crippen molar-refractivity contribution in [3.63, 3.8) is 0 Å². The van der Waals surface area contributed by atoms with Crippen molar-refractivity contribution in [1.29, 1.82) is 0 Å². The first-order valence-electron chi connectivity index (χ1n) is 7.00. The molecule has 2 fully saturated rings. The quantitative estimate of drug-likeness (QED) is 0.881. The minimum absolute atomic E-state index is 0.00357. The van der Waals surface area contributed by atoms with Crippen LogP contribution in [0.3, 0.4) is 0 Å². The molecule has 18 heavy (non-hydrogen) atoms. The van der Waals surface area contributed by atoms with Crippen molar-refractivity contribution in [2.75, 3.05) is 26.2 Å². The van der Waals surface area contributed by atoms with E-state index >= 15 is 0 Å². The van der Waals surface area contributed by atoms with Crippen LogP contribution >= 0.6 is 0 Å². The number of nitrogens with zero attached hydrogens (tertiary/aromatic N) is 2. The molecule has 0 radical (unpaired) electrons. The molecule has 3 heterocycles. The molecule has 1 N–H and O–H groups in total. The summed E-state index contributed by atoms with van der Waals surface area (Å²) >= 11 is 0. The van der Waals surface area contributed by atoms with Crippen LogP contribution in [0.15, 0.2) is 16.5 Å². The maximum Gasteiger partial charge on any atom is 0.129 e. The SMILES string of the molecule is OCc1ccc(CN2CCN3CCCCC3C2)o1. The second-order valence-electron chi connectivity index (χ2n) is 5.45. The topological polar surface area (TPSA) is 39.9 Å². The second-order valence-corrected chi connectivity index (χ2v) is 5.45. The molecular weight excluding hydrogens is 228 g/mol. The fourth-order valence-electron chi connectivity index (χ4n) is 3.18. The highest BCUT2D eigenvalue weighted by Gasteiger charge is 2.28. The zero-order valence-corrected chi connectivity index (χ0v) is 10.8. The van der Waals surface area contributed by atoms with Gasteiger partial charge in [0.25, 0.3) is 0 Å². The van der Waals surface area contributed by atoms with Gasteiger partial charge in [0.1, 0.15) is 18.1 Å². The lowest BCUT2D eigenvalue weighted by Gasteiger charge is -2.43. The molecule has 1 unspecified atom stereocenters. The molecule has 2 aliphatic rings. The molecule has 4 nitrogen and oxygen atoms in total. The van der Waals surface area contributed by atoms with Crippen LogP contribution in [-0.4, -0.2) is 47.1 Å². The summed E-state index contributed by atoms with van der Waals surface area (Å²) in [5, 5.41) is 9.00. The zero-order chi connectivity index (χ0) is 12.4. The number of piperazine rings is 1. The lowest BCUT2D eigenvalue weighted by molar-refractivity contribution is 0.0422. The molecule has 0 bridgehead atoms. The highest BCUT2D eigenvalue weighted by Crippen LogP contribution is 2.22. The molecule has 1 aromatic rings. The Morgan fingerprint density at radius 3 is 2.89 bits per heavy atom. The summed E-state index contributed by atoms with van der Waals surface area (Å²) in [5.74, 6) is 1.64. The van der Waals surface area contributed by atoms with Crippen molar-refractivity contribution >= 4 is 0 Å². The van der Waals surface area contributed by atoms with Gasteiger partial charge in [0, 0.05) is 25.7 Å². The molecule has 0 aliphatic carbocycles. The van der Waals surface area contributed by atoms with Crippen LogP contribution in [0.25, 0.3) is 0 Å². The number of hydrogen-bond donors (Lipinski definition) is 1. The van der Waals surface area contributed by atoms with Crippen LogP contribution in [-0.2, 0) is 13.2 Å². The average molecular weight is 250 g/mol. The Balaban J connectivity index is 1.57. The van der Waals surface area contributed by atoms with Gasteiger partial charge in [-0.1, -0.05) is 6.42 Å². The van der Waals surface area contributed by atoms with E-state index in [1.165, 1.54) is 32.4 Å². The molecule has 3 rings (SSSR count). The summed E-state index contributed by atoms with van der Waals surface area (Å²) in [5.41, 5.74) is 0. The lowest BCUT2D eigenvalue weighted by atomic mass is 9.99. The predicted molar refractivity (Wildman–Crippen MR) is 69.1 cm³/mol. The number of aliphatic hydroxyl groups is 1. The van der Waals surface area contributed by atoms with E-state index in [2.05, 4.69) is 9.80 Å². The number of furan rings is 1. The van der Waals surface area contributed by atoms with Crippen molar-refractivity contribution in [2.24, 2.45) is 0 Å². The first kappa shape index (κ1) is 12.2. The molecule has 100 valence electrons. The van der Waals surface area contributed by atoms with E-state index in [9.17, 15) is 0 Å². The smallest absolute Gasteiger partial charge is 0.129 e. The Bertz CT molecular complexity index is 391. The Labute approximate surface area is 108 Å². The molecule has 2 aliphatic heterocycles. The third-order valence-electron chi connectivity index (χ3n) is 4.17. The Hall–Kier alpha value is -0.840. The molecule has 0 saturated carbocycles. The molecule has 4 heteroatoms. The first-order chi connectivity index (χ1) is 8.85. The largest absolute Gasteiger partial charge is 0.462 e. The van der Waals surface area contributed by atoms with Crippen molar-refractivity contribution < 1.29 is 9.52 Å². The van der Waals surface area contributed by atoms with Crippen LogP contribution in [0, 0.1) is 0 Å². The van der Waals surface area contributed by atoms with E-state index in [1.807, 2.05) is 12.1 Å². The van der Waals surface area contributed by atoms with Gasteiger partial charge in [-0.3, -0.25) is 9.80 Å². The van der Waals surface area contributed by atoms with Gasteiger partial charge in [0.2, 0.25) is 0 Å². The van der Waals surface area contributed by atoms with Gasteiger partial charge in [-0.15, -0.1) is 0 Å². The van der Waals surface area contributed by atoms with E-state index in [0.717, 1.165) is 31.4 Å². The highest BCUT2D eigenvalue weighted by atomic mass is 16.4. The second kappa shape index (κ2) is 5.43. The minimum atomic E-state index is -0.00357. The summed E-state index contributed by atoms with van der Waals surface area (Å²) in [7, 11) is 0. The molecule has 1 atom stereocenters. The zero-order valence-electron chi connectivity index (χ0n) is 10.8. The summed E-state index contributed by atoms with van der Waals surface area (Å²) in [6.07, 6.45) is 4.09. The van der Waals surface area contributed by atoms with Gasteiger partial charge < -0.3 is 9.52 Å². The normalized spacial score (nSPS) is 26.2. The van der Waals surface area contributed by atoms with Gasteiger partial charge in [0.05, 0.1) is 6.54 Å². The van der Waals surface area contributed by atoms with E-state index < -0.39 is 0 Å². The third kappa shape index (κ3) is 2.60. The summed E-state index contributed by atoms with van der Waals surface area (Å²) in [6, 6.07) is 4.60. The molecule has 0 spiro atoms. The molecule has 0 amide bonds. The van der Waals surface area contributed by atoms with E-state index in [-0.39, 0.29) is 6.61 Å².